The number of carboxylic acid groups (broad SMARTS) is 1. The Kier molecular flexibility index (Phi) is 4.71. The molecule has 0 unspecified atom stereocenters. The number of carbonyl (C=O) groups is 2. The Balaban J connectivity index is 1.75. The van der Waals surface area contributed by atoms with Crippen LogP contribution in [-0.2, 0) is 9.59 Å². The van der Waals surface area contributed by atoms with Gasteiger partial charge in [-0.15, -0.1) is 0 Å². The van der Waals surface area contributed by atoms with Crippen molar-refractivity contribution >= 4 is 11.9 Å². The molecule has 0 spiro atoms. The first-order valence-electron chi connectivity index (χ1n) is 7.90. The highest BCUT2D eigenvalue weighted by molar-refractivity contribution is 5.79. The van der Waals surface area contributed by atoms with E-state index in [1.807, 2.05) is 0 Å². The molecule has 0 aromatic carbocycles. The Hall–Kier alpha value is -1.06. The number of amides is 1. The van der Waals surface area contributed by atoms with Crippen LogP contribution in [0.5, 0.6) is 0 Å². The number of hydrogen-bond donors (Lipinski definition) is 2. The zero-order chi connectivity index (χ0) is 14.8. The lowest BCUT2D eigenvalue weighted by Crippen LogP contribution is -2.43. The van der Waals surface area contributed by atoms with Gasteiger partial charge in [0.05, 0.1) is 5.92 Å². The zero-order valence-electron chi connectivity index (χ0n) is 12.7. The van der Waals surface area contributed by atoms with Crippen molar-refractivity contribution in [2.45, 2.75) is 71.3 Å². The second-order valence-electron chi connectivity index (χ2n) is 7.33. The fourth-order valence-corrected chi connectivity index (χ4v) is 3.47. The van der Waals surface area contributed by atoms with Crippen LogP contribution in [0.1, 0.15) is 65.2 Å². The molecule has 0 aliphatic heterocycles. The van der Waals surface area contributed by atoms with E-state index in [0.29, 0.717) is 24.3 Å². The van der Waals surface area contributed by atoms with Gasteiger partial charge in [0, 0.05) is 12.0 Å². The first-order chi connectivity index (χ1) is 9.37. The van der Waals surface area contributed by atoms with Gasteiger partial charge in [-0.3, -0.25) is 9.59 Å². The predicted octanol–water partition coefficient (Wildman–Crippen LogP) is 2.96. The van der Waals surface area contributed by atoms with Crippen molar-refractivity contribution in [2.24, 2.45) is 17.3 Å². The van der Waals surface area contributed by atoms with Crippen LogP contribution in [0.4, 0.5) is 0 Å². The fraction of sp³-hybridized carbons (Fsp3) is 0.875. The van der Waals surface area contributed by atoms with Gasteiger partial charge in [-0.2, -0.15) is 0 Å². The van der Waals surface area contributed by atoms with Crippen LogP contribution in [0, 0.1) is 17.3 Å². The third-order valence-electron chi connectivity index (χ3n) is 5.13. The predicted molar refractivity (Wildman–Crippen MR) is 77.3 cm³/mol. The van der Waals surface area contributed by atoms with Gasteiger partial charge in [0.1, 0.15) is 0 Å². The first kappa shape index (κ1) is 15.3. The van der Waals surface area contributed by atoms with Crippen LogP contribution in [0.25, 0.3) is 0 Å². The second-order valence-corrected chi connectivity index (χ2v) is 7.33. The summed E-state index contributed by atoms with van der Waals surface area (Å²) in [6.45, 7) is 4.58. The first-order valence-corrected chi connectivity index (χ1v) is 7.90. The minimum Gasteiger partial charge on any atom is -0.481 e. The van der Waals surface area contributed by atoms with Crippen molar-refractivity contribution in [1.29, 1.82) is 0 Å². The van der Waals surface area contributed by atoms with Crippen LogP contribution >= 0.6 is 0 Å². The van der Waals surface area contributed by atoms with E-state index in [0.717, 1.165) is 25.7 Å². The number of nitrogens with one attached hydrogen (secondary N) is 1. The maximum atomic E-state index is 12.2. The summed E-state index contributed by atoms with van der Waals surface area (Å²) in [7, 11) is 0. The van der Waals surface area contributed by atoms with Crippen LogP contribution < -0.4 is 5.32 Å². The number of carboxylic acids is 1. The molecule has 114 valence electrons. The topological polar surface area (TPSA) is 66.4 Å². The summed E-state index contributed by atoms with van der Waals surface area (Å²) < 4.78 is 0. The molecular weight excluding hydrogens is 254 g/mol. The van der Waals surface area contributed by atoms with E-state index in [4.69, 9.17) is 5.11 Å². The normalized spacial score (nSPS) is 30.7. The minimum absolute atomic E-state index is 0.0283. The van der Waals surface area contributed by atoms with Gasteiger partial charge in [0.2, 0.25) is 5.91 Å². The largest absolute Gasteiger partial charge is 0.481 e. The molecule has 0 heterocycles. The van der Waals surface area contributed by atoms with Crippen molar-refractivity contribution in [3.05, 3.63) is 0 Å². The van der Waals surface area contributed by atoms with Crippen molar-refractivity contribution in [3.63, 3.8) is 0 Å². The van der Waals surface area contributed by atoms with Crippen molar-refractivity contribution in [1.82, 2.24) is 5.32 Å². The third kappa shape index (κ3) is 3.97. The van der Waals surface area contributed by atoms with Gasteiger partial charge in [0.15, 0.2) is 0 Å². The quantitative estimate of drug-likeness (QED) is 0.835. The Bertz CT molecular complexity index is 360. The summed E-state index contributed by atoms with van der Waals surface area (Å²) in [5, 5.41) is 12.2. The molecule has 0 bridgehead atoms. The lowest BCUT2D eigenvalue weighted by Gasteiger charge is -2.35. The molecule has 2 fully saturated rings. The highest BCUT2D eigenvalue weighted by Gasteiger charge is 2.32. The zero-order valence-corrected chi connectivity index (χ0v) is 12.7. The van der Waals surface area contributed by atoms with Gasteiger partial charge in [-0.25, -0.2) is 0 Å². The molecule has 2 saturated carbocycles. The molecule has 0 atom stereocenters. The summed E-state index contributed by atoms with van der Waals surface area (Å²) >= 11 is 0. The van der Waals surface area contributed by atoms with E-state index in [-0.39, 0.29) is 17.7 Å². The highest BCUT2D eigenvalue weighted by Crippen LogP contribution is 2.35. The number of carbonyl (C=O) groups excluding carboxylic acids is 1. The summed E-state index contributed by atoms with van der Waals surface area (Å²) in [5.74, 6) is -0.771. The molecule has 4 heteroatoms. The molecule has 2 N–H and O–H groups in total. The molecule has 2 aliphatic carbocycles. The minimum atomic E-state index is -0.710. The lowest BCUT2D eigenvalue weighted by molar-refractivity contribution is -0.144. The summed E-state index contributed by atoms with van der Waals surface area (Å²) in [6, 6.07) is 0.327. The van der Waals surface area contributed by atoms with E-state index in [1.165, 1.54) is 12.8 Å². The van der Waals surface area contributed by atoms with Crippen molar-refractivity contribution < 1.29 is 14.7 Å². The molecule has 0 aromatic heterocycles. The molecular formula is C16H27NO3. The van der Waals surface area contributed by atoms with Crippen molar-refractivity contribution in [3.8, 4) is 0 Å². The summed E-state index contributed by atoms with van der Waals surface area (Å²) in [4.78, 5) is 23.2. The number of rotatable bonds is 3. The van der Waals surface area contributed by atoms with Crippen LogP contribution in [0.3, 0.4) is 0 Å². The molecule has 0 saturated heterocycles. The van der Waals surface area contributed by atoms with Crippen LogP contribution in [0.15, 0.2) is 0 Å². The van der Waals surface area contributed by atoms with E-state index in [2.05, 4.69) is 19.2 Å². The molecule has 4 nitrogen and oxygen atoms in total. The lowest BCUT2D eigenvalue weighted by atomic mass is 9.75. The maximum absolute atomic E-state index is 12.2. The maximum Gasteiger partial charge on any atom is 0.306 e. The van der Waals surface area contributed by atoms with Gasteiger partial charge in [-0.05, 0) is 56.8 Å². The fourth-order valence-electron chi connectivity index (χ4n) is 3.47. The van der Waals surface area contributed by atoms with Gasteiger partial charge in [-0.1, -0.05) is 13.8 Å². The van der Waals surface area contributed by atoms with E-state index in [1.54, 1.807) is 0 Å². The van der Waals surface area contributed by atoms with Gasteiger partial charge < -0.3 is 10.4 Å². The smallest absolute Gasteiger partial charge is 0.306 e. The average Bonchev–Trinajstić information content (AvgIpc) is 2.41. The van der Waals surface area contributed by atoms with Gasteiger partial charge in [0.25, 0.3) is 0 Å². The number of aliphatic carboxylic acids is 1. The van der Waals surface area contributed by atoms with Gasteiger partial charge >= 0.3 is 5.97 Å². The average molecular weight is 281 g/mol. The third-order valence-corrected chi connectivity index (χ3v) is 5.13. The molecule has 1 amide bonds. The van der Waals surface area contributed by atoms with Crippen molar-refractivity contribution in [2.75, 3.05) is 0 Å². The second kappa shape index (κ2) is 6.15. The Morgan fingerprint density at radius 3 is 1.95 bits per heavy atom. The van der Waals surface area contributed by atoms with E-state index < -0.39 is 5.97 Å². The molecule has 0 aromatic rings. The Morgan fingerprint density at radius 1 is 0.950 bits per heavy atom. The molecule has 2 rings (SSSR count). The summed E-state index contributed by atoms with van der Waals surface area (Å²) in [6.07, 6.45) is 7.22. The van der Waals surface area contributed by atoms with E-state index in [9.17, 15) is 9.59 Å². The highest BCUT2D eigenvalue weighted by atomic mass is 16.4. The number of hydrogen-bond acceptors (Lipinski definition) is 2. The Morgan fingerprint density at radius 2 is 1.45 bits per heavy atom. The van der Waals surface area contributed by atoms with E-state index >= 15 is 0 Å². The molecule has 2 aliphatic rings. The standard InChI is InChI=1S/C16H27NO3/c1-16(2)9-7-13(8-10-16)17-14(18)11-3-5-12(6-4-11)15(19)20/h11-13H,3-10H2,1-2H3,(H,17,18)(H,19,20). The van der Waals surface area contributed by atoms with Crippen LogP contribution in [0.2, 0.25) is 0 Å². The molecule has 0 radical (unpaired) electrons. The Labute approximate surface area is 121 Å². The SMILES string of the molecule is CC1(C)CCC(NC(=O)C2CCC(C(=O)O)CC2)CC1. The summed E-state index contributed by atoms with van der Waals surface area (Å²) in [5.41, 5.74) is 0.417. The molecule has 20 heavy (non-hydrogen) atoms. The monoisotopic (exact) mass is 281 g/mol. The van der Waals surface area contributed by atoms with Crippen LogP contribution in [-0.4, -0.2) is 23.0 Å².